The number of carbonyl (C=O) groups excluding carboxylic acids is 1. The van der Waals surface area contributed by atoms with E-state index in [2.05, 4.69) is 37.5 Å². The molecular formula is C22H25ClN6O2S. The van der Waals surface area contributed by atoms with Crippen molar-refractivity contribution < 1.29 is 9.53 Å². The van der Waals surface area contributed by atoms with Crippen LogP contribution in [0.25, 0.3) is 0 Å². The SMILES string of the molecule is Cc1nc(Nc2ncc(C(=O)Nc3c(C)cccc3Cl)s2)cc(OC2CCN(C)CC2)n1. The molecule has 2 N–H and O–H groups in total. The molecule has 0 aliphatic carbocycles. The number of anilines is 3. The van der Waals surface area contributed by atoms with Crippen molar-refractivity contribution in [1.82, 2.24) is 19.9 Å². The zero-order valence-corrected chi connectivity index (χ0v) is 19.8. The lowest BCUT2D eigenvalue weighted by molar-refractivity contribution is 0.103. The molecule has 8 nitrogen and oxygen atoms in total. The maximum Gasteiger partial charge on any atom is 0.267 e. The van der Waals surface area contributed by atoms with Crippen LogP contribution < -0.4 is 15.4 Å². The van der Waals surface area contributed by atoms with E-state index in [9.17, 15) is 4.79 Å². The van der Waals surface area contributed by atoms with Gasteiger partial charge in [-0.2, -0.15) is 4.98 Å². The Morgan fingerprint density at radius 1 is 1.25 bits per heavy atom. The Morgan fingerprint density at radius 2 is 2.03 bits per heavy atom. The Hall–Kier alpha value is -2.75. The third-order valence-corrected chi connectivity index (χ3v) is 6.42. The lowest BCUT2D eigenvalue weighted by Gasteiger charge is -2.29. The van der Waals surface area contributed by atoms with Crippen LogP contribution in [0.5, 0.6) is 5.88 Å². The number of piperidine rings is 1. The number of carbonyl (C=O) groups is 1. The summed E-state index contributed by atoms with van der Waals surface area (Å²) < 4.78 is 6.08. The Kier molecular flexibility index (Phi) is 6.88. The van der Waals surface area contributed by atoms with E-state index >= 15 is 0 Å². The van der Waals surface area contributed by atoms with Crippen LogP contribution >= 0.6 is 22.9 Å². The van der Waals surface area contributed by atoms with Crippen molar-refractivity contribution >= 4 is 45.5 Å². The van der Waals surface area contributed by atoms with Crippen molar-refractivity contribution in [2.45, 2.75) is 32.8 Å². The molecular weight excluding hydrogens is 448 g/mol. The average Bonchev–Trinajstić information content (AvgIpc) is 3.20. The number of benzene rings is 1. The molecule has 168 valence electrons. The zero-order valence-electron chi connectivity index (χ0n) is 18.2. The molecule has 32 heavy (non-hydrogen) atoms. The number of nitrogens with one attached hydrogen (secondary N) is 2. The first-order valence-electron chi connectivity index (χ1n) is 10.4. The molecule has 0 atom stereocenters. The summed E-state index contributed by atoms with van der Waals surface area (Å²) >= 11 is 7.44. The number of rotatable bonds is 6. The lowest BCUT2D eigenvalue weighted by atomic mass is 10.1. The third kappa shape index (κ3) is 5.53. The summed E-state index contributed by atoms with van der Waals surface area (Å²) in [5, 5.41) is 7.06. The number of amides is 1. The van der Waals surface area contributed by atoms with Gasteiger partial charge in [-0.3, -0.25) is 4.79 Å². The number of likely N-dealkylation sites (tertiary alicyclic amines) is 1. The third-order valence-electron chi connectivity index (χ3n) is 5.19. The number of ether oxygens (including phenoxy) is 1. The second-order valence-electron chi connectivity index (χ2n) is 7.80. The largest absolute Gasteiger partial charge is 0.474 e. The maximum atomic E-state index is 12.7. The smallest absolute Gasteiger partial charge is 0.267 e. The van der Waals surface area contributed by atoms with Gasteiger partial charge in [0.25, 0.3) is 5.91 Å². The van der Waals surface area contributed by atoms with E-state index in [0.717, 1.165) is 31.5 Å². The summed E-state index contributed by atoms with van der Waals surface area (Å²) in [5.41, 5.74) is 1.49. The lowest BCUT2D eigenvalue weighted by Crippen LogP contribution is -2.35. The minimum absolute atomic E-state index is 0.150. The molecule has 0 radical (unpaired) electrons. The number of aryl methyl sites for hydroxylation is 2. The van der Waals surface area contributed by atoms with Crippen molar-refractivity contribution in [1.29, 1.82) is 0 Å². The topological polar surface area (TPSA) is 92.3 Å². The minimum atomic E-state index is -0.267. The molecule has 4 rings (SSSR count). The van der Waals surface area contributed by atoms with Crippen molar-refractivity contribution in [3.63, 3.8) is 0 Å². The maximum absolute atomic E-state index is 12.7. The highest BCUT2D eigenvalue weighted by Crippen LogP contribution is 2.28. The van der Waals surface area contributed by atoms with Crippen LogP contribution in [0.2, 0.25) is 5.02 Å². The molecule has 1 amide bonds. The molecule has 10 heteroatoms. The summed E-state index contributed by atoms with van der Waals surface area (Å²) in [5.74, 6) is 1.44. The molecule has 1 fully saturated rings. The quantitative estimate of drug-likeness (QED) is 0.538. The van der Waals surface area contributed by atoms with Crippen molar-refractivity contribution in [2.24, 2.45) is 0 Å². The van der Waals surface area contributed by atoms with Crippen LogP contribution in [0.1, 0.15) is 33.9 Å². The van der Waals surface area contributed by atoms with Gasteiger partial charge >= 0.3 is 0 Å². The van der Waals surface area contributed by atoms with Gasteiger partial charge in [-0.25, -0.2) is 9.97 Å². The van der Waals surface area contributed by atoms with Crippen molar-refractivity contribution in [2.75, 3.05) is 30.8 Å². The summed E-state index contributed by atoms with van der Waals surface area (Å²) in [6, 6.07) is 7.24. The molecule has 2 aromatic heterocycles. The first kappa shape index (κ1) is 22.4. The Bertz CT molecular complexity index is 1090. The van der Waals surface area contributed by atoms with E-state index in [0.29, 0.717) is 38.2 Å². The van der Waals surface area contributed by atoms with E-state index < -0.39 is 0 Å². The summed E-state index contributed by atoms with van der Waals surface area (Å²) in [6.07, 6.45) is 3.62. The highest BCUT2D eigenvalue weighted by molar-refractivity contribution is 7.17. The van der Waals surface area contributed by atoms with Gasteiger partial charge in [-0.15, -0.1) is 0 Å². The standard InChI is InChI=1S/C22H25ClN6O2S/c1-13-5-4-6-16(23)20(13)28-21(30)17-12-24-22(32-17)27-18-11-19(26-14(2)25-18)31-15-7-9-29(3)10-8-15/h4-6,11-12,15H,7-10H2,1-3H3,(H,28,30)(H,24,25,26,27). The molecule has 1 aliphatic heterocycles. The van der Waals surface area contributed by atoms with Gasteiger partial charge in [0, 0.05) is 19.2 Å². The number of para-hydroxylation sites is 1. The van der Waals surface area contributed by atoms with Gasteiger partial charge in [0.2, 0.25) is 5.88 Å². The van der Waals surface area contributed by atoms with Crippen LogP contribution in [0, 0.1) is 13.8 Å². The van der Waals surface area contributed by atoms with Gasteiger partial charge in [-0.05, 0) is 45.4 Å². The predicted molar refractivity (Wildman–Crippen MR) is 127 cm³/mol. The Morgan fingerprint density at radius 3 is 2.78 bits per heavy atom. The van der Waals surface area contributed by atoms with Gasteiger partial charge < -0.3 is 20.3 Å². The first-order valence-corrected chi connectivity index (χ1v) is 11.6. The predicted octanol–water partition coefficient (Wildman–Crippen LogP) is 4.67. The second-order valence-corrected chi connectivity index (χ2v) is 9.24. The number of aromatic nitrogens is 3. The molecule has 3 heterocycles. The zero-order chi connectivity index (χ0) is 22.7. The van der Waals surface area contributed by atoms with E-state index in [4.69, 9.17) is 16.3 Å². The van der Waals surface area contributed by atoms with Crippen molar-refractivity contribution in [3.05, 3.63) is 51.7 Å². The number of hydrogen-bond donors (Lipinski definition) is 2. The monoisotopic (exact) mass is 472 g/mol. The minimum Gasteiger partial charge on any atom is -0.474 e. The Labute approximate surface area is 196 Å². The van der Waals surface area contributed by atoms with Crippen LogP contribution in [-0.2, 0) is 0 Å². The van der Waals surface area contributed by atoms with Crippen LogP contribution in [0.3, 0.4) is 0 Å². The van der Waals surface area contributed by atoms with Gasteiger partial charge in [0.1, 0.15) is 22.6 Å². The van der Waals surface area contributed by atoms with Gasteiger partial charge in [0.05, 0.1) is 16.9 Å². The second kappa shape index (κ2) is 9.81. The summed E-state index contributed by atoms with van der Waals surface area (Å²) in [7, 11) is 2.12. The molecule has 1 aromatic carbocycles. The van der Waals surface area contributed by atoms with Gasteiger partial charge in [0.15, 0.2) is 5.13 Å². The van der Waals surface area contributed by atoms with E-state index in [1.54, 1.807) is 12.1 Å². The summed E-state index contributed by atoms with van der Waals surface area (Å²) in [6.45, 7) is 5.73. The molecule has 0 spiro atoms. The first-order chi connectivity index (χ1) is 15.4. The van der Waals surface area contributed by atoms with E-state index in [1.807, 2.05) is 26.0 Å². The molecule has 0 bridgehead atoms. The van der Waals surface area contributed by atoms with Crippen LogP contribution in [0.15, 0.2) is 30.5 Å². The van der Waals surface area contributed by atoms with Crippen LogP contribution in [0.4, 0.5) is 16.6 Å². The highest BCUT2D eigenvalue weighted by atomic mass is 35.5. The Balaban J connectivity index is 1.43. The fraction of sp³-hybridized carbons (Fsp3) is 0.364. The number of nitrogens with zero attached hydrogens (tertiary/aromatic N) is 4. The fourth-order valence-corrected chi connectivity index (χ4v) is 4.44. The summed E-state index contributed by atoms with van der Waals surface area (Å²) in [4.78, 5) is 28.5. The molecule has 0 unspecified atom stereocenters. The highest BCUT2D eigenvalue weighted by Gasteiger charge is 2.19. The number of hydrogen-bond acceptors (Lipinski definition) is 8. The average molecular weight is 473 g/mol. The molecule has 1 aliphatic rings. The van der Waals surface area contributed by atoms with E-state index in [-0.39, 0.29) is 12.0 Å². The van der Waals surface area contributed by atoms with Gasteiger partial charge in [-0.1, -0.05) is 35.1 Å². The molecule has 1 saturated heterocycles. The number of thiazole rings is 1. The molecule has 0 saturated carbocycles. The fourth-order valence-electron chi connectivity index (χ4n) is 3.45. The number of halogens is 1. The van der Waals surface area contributed by atoms with Crippen molar-refractivity contribution in [3.8, 4) is 5.88 Å². The van der Waals surface area contributed by atoms with Crippen LogP contribution in [-0.4, -0.2) is 52.0 Å². The normalized spacial score (nSPS) is 14.9. The molecule has 3 aromatic rings. The van der Waals surface area contributed by atoms with E-state index in [1.165, 1.54) is 17.5 Å².